The van der Waals surface area contributed by atoms with Gasteiger partial charge in [-0.25, -0.2) is 4.39 Å². The molecule has 2 saturated heterocycles. The molecule has 2 aromatic carbocycles. The summed E-state index contributed by atoms with van der Waals surface area (Å²) in [5.41, 5.74) is 1.65. The quantitative estimate of drug-likeness (QED) is 0.927. The van der Waals surface area contributed by atoms with Crippen LogP contribution in [0.15, 0.2) is 48.5 Å². The first-order valence-electron chi connectivity index (χ1n) is 8.57. The van der Waals surface area contributed by atoms with Crippen molar-refractivity contribution in [2.45, 2.75) is 24.1 Å². The van der Waals surface area contributed by atoms with Gasteiger partial charge in [0.2, 0.25) is 0 Å². The lowest BCUT2D eigenvalue weighted by atomic mass is 9.88. The molecule has 0 aromatic heterocycles. The smallest absolute Gasteiger partial charge is 0.144 e. The van der Waals surface area contributed by atoms with E-state index in [2.05, 4.69) is 11.4 Å². The fourth-order valence-electron chi connectivity index (χ4n) is 3.80. The number of methoxy groups -OCH3 is 1. The minimum absolute atomic E-state index is 0.0422. The average molecular weight is 343 g/mol. The standard InChI is InChI=1S/C20H22FNO3/c1-23-19-5-3-2-4-17(19)15-10-20(13-24-11-15)22-18(12-25-20)14-6-8-16(21)9-7-14/h2-9,15,18,22H,10-13H2,1H3/t15-,18-,20?/m1/s1. The van der Waals surface area contributed by atoms with Gasteiger partial charge in [-0.05, 0) is 29.3 Å². The highest BCUT2D eigenvalue weighted by atomic mass is 19.1. The first-order chi connectivity index (χ1) is 12.2. The Hall–Kier alpha value is -1.95. The van der Waals surface area contributed by atoms with Gasteiger partial charge < -0.3 is 14.2 Å². The van der Waals surface area contributed by atoms with E-state index in [0.717, 1.165) is 23.3 Å². The fourth-order valence-corrected chi connectivity index (χ4v) is 3.80. The molecular formula is C20H22FNO3. The van der Waals surface area contributed by atoms with E-state index in [1.165, 1.54) is 12.1 Å². The molecule has 1 unspecified atom stereocenters. The molecule has 0 bridgehead atoms. The Kier molecular flexibility index (Phi) is 4.46. The molecule has 1 N–H and O–H groups in total. The van der Waals surface area contributed by atoms with Crippen LogP contribution in [0.3, 0.4) is 0 Å². The van der Waals surface area contributed by atoms with E-state index in [-0.39, 0.29) is 17.8 Å². The van der Waals surface area contributed by atoms with Crippen molar-refractivity contribution in [2.24, 2.45) is 0 Å². The first kappa shape index (κ1) is 16.5. The third-order valence-corrected chi connectivity index (χ3v) is 5.05. The van der Waals surface area contributed by atoms with Gasteiger partial charge in [0.25, 0.3) is 0 Å². The Labute approximate surface area is 146 Å². The summed E-state index contributed by atoms with van der Waals surface area (Å²) in [5.74, 6) is 0.847. The number of halogens is 1. The Bertz CT molecular complexity index is 736. The topological polar surface area (TPSA) is 39.7 Å². The summed E-state index contributed by atoms with van der Waals surface area (Å²) in [6.07, 6.45) is 0.811. The molecule has 2 fully saturated rings. The second-order valence-electron chi connectivity index (χ2n) is 6.71. The summed E-state index contributed by atoms with van der Waals surface area (Å²) in [7, 11) is 1.69. The Balaban J connectivity index is 1.52. The molecule has 4 rings (SSSR count). The van der Waals surface area contributed by atoms with Gasteiger partial charge in [0.15, 0.2) is 0 Å². The lowest BCUT2D eigenvalue weighted by Gasteiger charge is -2.38. The molecule has 2 aromatic rings. The van der Waals surface area contributed by atoms with Gasteiger partial charge in [-0.2, -0.15) is 0 Å². The SMILES string of the molecule is COc1ccccc1[C@H]1COCC2(C1)N[C@@H](c1ccc(F)cc1)CO2. The molecule has 0 radical (unpaired) electrons. The third kappa shape index (κ3) is 3.27. The van der Waals surface area contributed by atoms with Crippen LogP contribution in [-0.4, -0.2) is 32.7 Å². The van der Waals surface area contributed by atoms with Gasteiger partial charge in [0.05, 0.1) is 33.0 Å². The molecule has 5 heteroatoms. The largest absolute Gasteiger partial charge is 0.496 e. The highest BCUT2D eigenvalue weighted by Crippen LogP contribution is 2.40. The van der Waals surface area contributed by atoms with Crippen LogP contribution in [0.2, 0.25) is 0 Å². The number of ether oxygens (including phenoxy) is 3. The molecule has 2 aliphatic rings. The van der Waals surface area contributed by atoms with E-state index in [0.29, 0.717) is 19.8 Å². The van der Waals surface area contributed by atoms with E-state index in [9.17, 15) is 4.39 Å². The van der Waals surface area contributed by atoms with Crippen molar-refractivity contribution in [3.05, 3.63) is 65.5 Å². The maximum Gasteiger partial charge on any atom is 0.144 e. The van der Waals surface area contributed by atoms with E-state index < -0.39 is 5.72 Å². The van der Waals surface area contributed by atoms with Crippen molar-refractivity contribution < 1.29 is 18.6 Å². The van der Waals surface area contributed by atoms with Crippen molar-refractivity contribution in [1.82, 2.24) is 5.32 Å². The maximum absolute atomic E-state index is 13.1. The predicted molar refractivity (Wildman–Crippen MR) is 92.1 cm³/mol. The summed E-state index contributed by atoms with van der Waals surface area (Å²) < 4.78 is 30.7. The highest BCUT2D eigenvalue weighted by Gasteiger charge is 2.45. The molecular weight excluding hydrogens is 321 g/mol. The summed E-state index contributed by atoms with van der Waals surface area (Å²) in [5, 5.41) is 3.57. The second-order valence-corrected chi connectivity index (χ2v) is 6.71. The van der Waals surface area contributed by atoms with E-state index >= 15 is 0 Å². The fraction of sp³-hybridized carbons (Fsp3) is 0.400. The van der Waals surface area contributed by atoms with Gasteiger partial charge in [-0.3, -0.25) is 5.32 Å². The minimum Gasteiger partial charge on any atom is -0.496 e. The third-order valence-electron chi connectivity index (χ3n) is 5.05. The van der Waals surface area contributed by atoms with Gasteiger partial charge in [-0.15, -0.1) is 0 Å². The summed E-state index contributed by atoms with van der Waals surface area (Å²) in [6.45, 7) is 1.71. The van der Waals surface area contributed by atoms with Crippen LogP contribution in [0, 0.1) is 5.82 Å². The molecule has 4 nitrogen and oxygen atoms in total. The number of hydrogen-bond acceptors (Lipinski definition) is 4. The van der Waals surface area contributed by atoms with Gasteiger partial charge in [-0.1, -0.05) is 30.3 Å². The highest BCUT2D eigenvalue weighted by molar-refractivity contribution is 5.37. The number of nitrogens with one attached hydrogen (secondary N) is 1. The summed E-state index contributed by atoms with van der Waals surface area (Å²) in [6, 6.07) is 14.7. The maximum atomic E-state index is 13.1. The average Bonchev–Trinajstić information content (AvgIpc) is 3.05. The zero-order valence-electron chi connectivity index (χ0n) is 14.2. The van der Waals surface area contributed by atoms with Gasteiger partial charge in [0, 0.05) is 12.3 Å². The Morgan fingerprint density at radius 3 is 2.72 bits per heavy atom. The van der Waals surface area contributed by atoms with E-state index in [1.54, 1.807) is 19.2 Å². The molecule has 132 valence electrons. The number of benzene rings is 2. The van der Waals surface area contributed by atoms with Crippen LogP contribution in [0.1, 0.15) is 29.5 Å². The zero-order valence-corrected chi connectivity index (χ0v) is 14.2. The number of rotatable bonds is 3. The zero-order chi connectivity index (χ0) is 17.3. The molecule has 2 heterocycles. The lowest BCUT2D eigenvalue weighted by molar-refractivity contribution is -0.117. The summed E-state index contributed by atoms with van der Waals surface area (Å²) >= 11 is 0. The Morgan fingerprint density at radius 2 is 1.92 bits per heavy atom. The molecule has 0 amide bonds. The van der Waals surface area contributed by atoms with Crippen LogP contribution < -0.4 is 10.1 Å². The molecule has 3 atom stereocenters. The van der Waals surface area contributed by atoms with E-state index in [4.69, 9.17) is 14.2 Å². The van der Waals surface area contributed by atoms with Crippen LogP contribution in [0.25, 0.3) is 0 Å². The van der Waals surface area contributed by atoms with Crippen LogP contribution in [0.4, 0.5) is 4.39 Å². The van der Waals surface area contributed by atoms with Crippen LogP contribution in [-0.2, 0) is 9.47 Å². The second kappa shape index (κ2) is 6.75. The number of para-hydroxylation sites is 1. The van der Waals surface area contributed by atoms with Crippen molar-refractivity contribution in [2.75, 3.05) is 26.9 Å². The van der Waals surface area contributed by atoms with Crippen molar-refractivity contribution in [3.8, 4) is 5.75 Å². The lowest BCUT2D eigenvalue weighted by Crippen LogP contribution is -2.51. The molecule has 25 heavy (non-hydrogen) atoms. The van der Waals surface area contributed by atoms with Crippen molar-refractivity contribution >= 4 is 0 Å². The van der Waals surface area contributed by atoms with Gasteiger partial charge >= 0.3 is 0 Å². The van der Waals surface area contributed by atoms with Crippen LogP contribution >= 0.6 is 0 Å². The molecule has 0 aliphatic carbocycles. The van der Waals surface area contributed by atoms with Crippen molar-refractivity contribution in [1.29, 1.82) is 0 Å². The minimum atomic E-state index is -0.511. The predicted octanol–water partition coefficient (Wildman–Crippen LogP) is 3.40. The molecule has 1 spiro atoms. The number of hydrogen-bond donors (Lipinski definition) is 1. The van der Waals surface area contributed by atoms with Crippen molar-refractivity contribution in [3.63, 3.8) is 0 Å². The first-order valence-corrected chi connectivity index (χ1v) is 8.57. The molecule has 0 saturated carbocycles. The van der Waals surface area contributed by atoms with E-state index in [1.807, 2.05) is 18.2 Å². The molecule has 2 aliphatic heterocycles. The Morgan fingerprint density at radius 1 is 1.12 bits per heavy atom. The van der Waals surface area contributed by atoms with Gasteiger partial charge in [0.1, 0.15) is 17.3 Å². The monoisotopic (exact) mass is 343 g/mol. The normalized spacial score (nSPS) is 29.0. The van der Waals surface area contributed by atoms with Crippen LogP contribution in [0.5, 0.6) is 5.75 Å². The summed E-state index contributed by atoms with van der Waals surface area (Å²) in [4.78, 5) is 0.